The summed E-state index contributed by atoms with van der Waals surface area (Å²) < 4.78 is 6.07. The van der Waals surface area contributed by atoms with Crippen LogP contribution in [0.4, 0.5) is 5.69 Å². The maximum Gasteiger partial charge on any atom is 0.254 e. The van der Waals surface area contributed by atoms with Gasteiger partial charge in [0.15, 0.2) is 5.78 Å². The lowest BCUT2D eigenvalue weighted by atomic mass is 9.75. The van der Waals surface area contributed by atoms with Crippen molar-refractivity contribution in [2.24, 2.45) is 0 Å². The minimum absolute atomic E-state index is 0.0897. The Hall–Kier alpha value is -4.12. The highest BCUT2D eigenvalue weighted by molar-refractivity contribution is 6.10. The number of dihydropyridines is 1. The highest BCUT2D eigenvalue weighted by Gasteiger charge is 2.38. The van der Waals surface area contributed by atoms with Crippen molar-refractivity contribution in [3.63, 3.8) is 0 Å². The number of Topliss-reactive ketones (excluding diaryl/α,β-unsaturated/α-hetero) is 1. The molecule has 3 aromatic rings. The fraction of sp³-hybridized carbons (Fsp3) is 0.200. The Morgan fingerprint density at radius 3 is 2.46 bits per heavy atom. The molecule has 0 aromatic heterocycles. The predicted molar refractivity (Wildman–Crippen MR) is 137 cm³/mol. The summed E-state index contributed by atoms with van der Waals surface area (Å²) in [5.74, 6) is 0.796. The molecule has 5 rings (SSSR count). The van der Waals surface area contributed by atoms with Gasteiger partial charge in [-0.1, -0.05) is 48.5 Å². The number of allylic oxidation sites excluding steroid dienone is 3. The summed E-state index contributed by atoms with van der Waals surface area (Å²) in [6.07, 6.45) is 2.09. The molecule has 1 aliphatic carbocycles. The average Bonchev–Trinajstić information content (AvgIpc) is 2.85. The van der Waals surface area contributed by atoms with E-state index in [1.54, 1.807) is 0 Å². The van der Waals surface area contributed by atoms with Gasteiger partial charge in [0.05, 0.1) is 0 Å². The van der Waals surface area contributed by atoms with Crippen molar-refractivity contribution in [1.82, 2.24) is 5.32 Å². The highest BCUT2D eigenvalue weighted by atomic mass is 16.5. The number of nitrogens with one attached hydrogen (secondary N) is 2. The van der Waals surface area contributed by atoms with Crippen LogP contribution in [0.15, 0.2) is 101 Å². The molecule has 1 unspecified atom stereocenters. The maximum absolute atomic E-state index is 13.7. The largest absolute Gasteiger partial charge is 0.457 e. The zero-order valence-electron chi connectivity index (χ0n) is 19.9. The fourth-order valence-corrected chi connectivity index (χ4v) is 4.90. The quantitative estimate of drug-likeness (QED) is 0.459. The molecule has 1 amide bonds. The molecule has 3 aromatic carbocycles. The molecule has 1 atom stereocenters. The Balaban J connectivity index is 1.56. The number of hydrogen-bond donors (Lipinski definition) is 2. The number of para-hydroxylation sites is 2. The zero-order valence-corrected chi connectivity index (χ0v) is 19.9. The van der Waals surface area contributed by atoms with E-state index in [9.17, 15) is 9.59 Å². The van der Waals surface area contributed by atoms with Crippen molar-refractivity contribution >= 4 is 17.4 Å². The number of amides is 1. The van der Waals surface area contributed by atoms with Crippen LogP contribution in [0.5, 0.6) is 11.5 Å². The molecule has 0 spiro atoms. The van der Waals surface area contributed by atoms with E-state index >= 15 is 0 Å². The normalized spacial score (nSPS) is 17.5. The standard InChI is InChI=1S/C30H28N2O3/c1-19-10-6-7-15-24(19)32-30(34)27-20(2)31-25-16-9-17-26(33)29(25)28(27)21-11-8-14-23(18-21)35-22-12-4-3-5-13-22/h3-8,10-15,18,28,31H,9,16-17H2,1-2H3,(H,32,34). The van der Waals surface area contributed by atoms with Crippen LogP contribution in [0, 0.1) is 6.92 Å². The summed E-state index contributed by atoms with van der Waals surface area (Å²) in [7, 11) is 0. The van der Waals surface area contributed by atoms with Gasteiger partial charge in [0.25, 0.3) is 5.91 Å². The summed E-state index contributed by atoms with van der Waals surface area (Å²) in [5.41, 5.74) is 5.53. The number of carbonyl (C=O) groups excluding carboxylic acids is 2. The van der Waals surface area contributed by atoms with E-state index in [0.29, 0.717) is 23.3 Å². The first-order chi connectivity index (χ1) is 17.0. The molecule has 176 valence electrons. The average molecular weight is 465 g/mol. The number of carbonyl (C=O) groups is 2. The molecule has 1 aliphatic heterocycles. The lowest BCUT2D eigenvalue weighted by Gasteiger charge is -2.34. The van der Waals surface area contributed by atoms with Crippen molar-refractivity contribution in [2.75, 3.05) is 5.32 Å². The number of anilines is 1. The predicted octanol–water partition coefficient (Wildman–Crippen LogP) is 6.39. The second kappa shape index (κ2) is 9.63. The maximum atomic E-state index is 13.7. The molecular formula is C30H28N2O3. The van der Waals surface area contributed by atoms with Crippen molar-refractivity contribution in [1.29, 1.82) is 0 Å². The van der Waals surface area contributed by atoms with Crippen LogP contribution in [0.25, 0.3) is 0 Å². The van der Waals surface area contributed by atoms with Crippen LogP contribution in [-0.4, -0.2) is 11.7 Å². The van der Waals surface area contributed by atoms with E-state index in [1.807, 2.05) is 92.7 Å². The first kappa shape index (κ1) is 22.7. The van der Waals surface area contributed by atoms with Gasteiger partial charge in [-0.05, 0) is 68.1 Å². The van der Waals surface area contributed by atoms with Crippen molar-refractivity contribution in [3.05, 3.63) is 113 Å². The monoisotopic (exact) mass is 464 g/mol. The van der Waals surface area contributed by atoms with Crippen molar-refractivity contribution in [2.45, 2.75) is 39.0 Å². The third-order valence-electron chi connectivity index (χ3n) is 6.58. The second-order valence-corrected chi connectivity index (χ2v) is 9.02. The van der Waals surface area contributed by atoms with Gasteiger partial charge in [0.1, 0.15) is 11.5 Å². The number of rotatable bonds is 5. The van der Waals surface area contributed by atoms with E-state index < -0.39 is 5.92 Å². The summed E-state index contributed by atoms with van der Waals surface area (Å²) in [4.78, 5) is 26.9. The van der Waals surface area contributed by atoms with Gasteiger partial charge < -0.3 is 15.4 Å². The molecule has 2 aliphatic rings. The summed E-state index contributed by atoms with van der Waals surface area (Å²) in [6, 6.07) is 25.0. The first-order valence-corrected chi connectivity index (χ1v) is 11.9. The SMILES string of the molecule is CC1=C(C(=O)Nc2ccccc2C)C(c2cccc(Oc3ccccc3)c2)C2=C(CCCC2=O)N1. The topological polar surface area (TPSA) is 67.4 Å². The van der Waals surface area contributed by atoms with Crippen LogP contribution in [0.3, 0.4) is 0 Å². The molecule has 0 fully saturated rings. The molecule has 1 heterocycles. The summed E-state index contributed by atoms with van der Waals surface area (Å²) in [6.45, 7) is 3.87. The van der Waals surface area contributed by atoms with E-state index in [2.05, 4.69) is 10.6 Å². The molecule has 0 saturated carbocycles. The Labute approximate surface area is 205 Å². The number of hydrogen-bond acceptors (Lipinski definition) is 4. The van der Waals surface area contributed by atoms with Gasteiger partial charge in [0, 0.05) is 40.6 Å². The van der Waals surface area contributed by atoms with Gasteiger partial charge in [-0.15, -0.1) is 0 Å². The van der Waals surface area contributed by atoms with E-state index in [1.165, 1.54) is 0 Å². The Morgan fingerprint density at radius 1 is 0.914 bits per heavy atom. The molecule has 5 nitrogen and oxygen atoms in total. The number of benzene rings is 3. The lowest BCUT2D eigenvalue weighted by Crippen LogP contribution is -2.35. The smallest absolute Gasteiger partial charge is 0.254 e. The van der Waals surface area contributed by atoms with Crippen molar-refractivity contribution in [3.8, 4) is 11.5 Å². The summed E-state index contributed by atoms with van der Waals surface area (Å²) >= 11 is 0. The van der Waals surface area contributed by atoms with Gasteiger partial charge >= 0.3 is 0 Å². The Kier molecular flexibility index (Phi) is 6.23. The second-order valence-electron chi connectivity index (χ2n) is 9.02. The molecule has 0 bridgehead atoms. The molecular weight excluding hydrogens is 436 g/mol. The van der Waals surface area contributed by atoms with Gasteiger partial charge in [-0.25, -0.2) is 0 Å². The molecule has 5 heteroatoms. The van der Waals surface area contributed by atoms with Crippen LogP contribution >= 0.6 is 0 Å². The number of ketones is 1. The van der Waals surface area contributed by atoms with Crippen LogP contribution in [0.2, 0.25) is 0 Å². The number of ether oxygens (including phenoxy) is 1. The highest BCUT2D eigenvalue weighted by Crippen LogP contribution is 2.43. The van der Waals surface area contributed by atoms with Gasteiger partial charge in [-0.2, -0.15) is 0 Å². The third-order valence-corrected chi connectivity index (χ3v) is 6.58. The van der Waals surface area contributed by atoms with E-state index in [-0.39, 0.29) is 11.7 Å². The lowest BCUT2D eigenvalue weighted by molar-refractivity contribution is -0.116. The van der Waals surface area contributed by atoms with Gasteiger partial charge in [0.2, 0.25) is 0 Å². The Morgan fingerprint density at radius 2 is 1.66 bits per heavy atom. The fourth-order valence-electron chi connectivity index (χ4n) is 4.90. The minimum atomic E-state index is -0.470. The Bertz CT molecular complexity index is 1350. The molecule has 2 N–H and O–H groups in total. The molecule has 35 heavy (non-hydrogen) atoms. The van der Waals surface area contributed by atoms with Crippen LogP contribution in [-0.2, 0) is 9.59 Å². The van der Waals surface area contributed by atoms with E-state index in [0.717, 1.165) is 46.8 Å². The summed E-state index contributed by atoms with van der Waals surface area (Å²) in [5, 5.41) is 6.45. The number of aryl methyl sites for hydroxylation is 1. The first-order valence-electron chi connectivity index (χ1n) is 11.9. The van der Waals surface area contributed by atoms with Crippen LogP contribution < -0.4 is 15.4 Å². The van der Waals surface area contributed by atoms with Crippen molar-refractivity contribution < 1.29 is 14.3 Å². The molecule has 0 saturated heterocycles. The van der Waals surface area contributed by atoms with Gasteiger partial charge in [-0.3, -0.25) is 9.59 Å². The minimum Gasteiger partial charge on any atom is -0.457 e. The zero-order chi connectivity index (χ0) is 24.4. The van der Waals surface area contributed by atoms with Crippen LogP contribution in [0.1, 0.15) is 43.2 Å². The van der Waals surface area contributed by atoms with E-state index in [4.69, 9.17) is 4.74 Å². The molecule has 0 radical (unpaired) electrons. The third kappa shape index (κ3) is 4.62.